The summed E-state index contributed by atoms with van der Waals surface area (Å²) in [6.07, 6.45) is 4.50. The highest BCUT2D eigenvalue weighted by Crippen LogP contribution is 2.26. The van der Waals surface area contributed by atoms with E-state index in [-0.39, 0.29) is 5.54 Å². The Kier molecular flexibility index (Phi) is 6.22. The molecule has 1 heterocycles. The highest BCUT2D eigenvalue weighted by molar-refractivity contribution is 7.11. The first-order chi connectivity index (χ1) is 8.46. The Balaban J connectivity index is 2.35. The second-order valence-electron chi connectivity index (χ2n) is 5.83. The molecule has 0 saturated carbocycles. The lowest BCUT2D eigenvalue weighted by Crippen LogP contribution is -2.36. The monoisotopic (exact) mass is 269 g/mol. The molecule has 0 aromatic carbocycles. The molecule has 0 amide bonds. The number of hydrogen-bond donors (Lipinski definition) is 1. The van der Waals surface area contributed by atoms with Gasteiger partial charge in [-0.15, -0.1) is 21.5 Å². The van der Waals surface area contributed by atoms with Gasteiger partial charge < -0.3 is 5.32 Å². The van der Waals surface area contributed by atoms with Gasteiger partial charge >= 0.3 is 0 Å². The Labute approximate surface area is 115 Å². The molecule has 0 bridgehead atoms. The molecule has 1 aromatic rings. The Hall–Kier alpha value is -0.480. The van der Waals surface area contributed by atoms with E-state index < -0.39 is 0 Å². The molecular formula is C14H27N3S. The molecule has 1 N–H and O–H groups in total. The van der Waals surface area contributed by atoms with Gasteiger partial charge in [0.25, 0.3) is 0 Å². The maximum Gasteiger partial charge on any atom is 0.120 e. The highest BCUT2D eigenvalue weighted by atomic mass is 32.1. The third kappa shape index (κ3) is 5.44. The lowest BCUT2D eigenvalue weighted by Gasteiger charge is -2.20. The van der Waals surface area contributed by atoms with Crippen LogP contribution >= 0.6 is 11.3 Å². The predicted molar refractivity (Wildman–Crippen MR) is 79.3 cm³/mol. The minimum absolute atomic E-state index is 0.210. The number of aryl methyl sites for hydroxylation is 1. The molecule has 0 saturated heterocycles. The second-order valence-corrected chi connectivity index (χ2v) is 6.92. The summed E-state index contributed by atoms with van der Waals surface area (Å²) in [5.74, 6) is 0.601. The summed E-state index contributed by atoms with van der Waals surface area (Å²) in [5, 5.41) is 14.6. The van der Waals surface area contributed by atoms with E-state index in [2.05, 4.69) is 50.1 Å². The summed E-state index contributed by atoms with van der Waals surface area (Å²) in [4.78, 5) is 0. The first kappa shape index (κ1) is 15.6. The van der Waals surface area contributed by atoms with Crippen LogP contribution in [0.4, 0.5) is 0 Å². The molecule has 0 aliphatic heterocycles. The van der Waals surface area contributed by atoms with Crippen molar-refractivity contribution >= 4 is 11.3 Å². The van der Waals surface area contributed by atoms with E-state index in [0.717, 1.165) is 32.2 Å². The number of nitrogens with one attached hydrogen (secondary N) is 1. The SMILES string of the molecule is CCC(CC)c1nnc(CCCNC(C)(C)C)s1. The van der Waals surface area contributed by atoms with Gasteiger partial charge in [-0.3, -0.25) is 0 Å². The fraction of sp³-hybridized carbons (Fsp3) is 0.857. The fourth-order valence-corrected chi connectivity index (χ4v) is 3.02. The summed E-state index contributed by atoms with van der Waals surface area (Å²) < 4.78 is 0. The van der Waals surface area contributed by atoms with E-state index in [1.807, 2.05) is 0 Å². The Morgan fingerprint density at radius 1 is 1.17 bits per heavy atom. The largest absolute Gasteiger partial charge is 0.312 e. The molecule has 0 aliphatic rings. The average molecular weight is 269 g/mol. The van der Waals surface area contributed by atoms with Crippen LogP contribution in [0.15, 0.2) is 0 Å². The van der Waals surface area contributed by atoms with Gasteiger partial charge in [-0.2, -0.15) is 0 Å². The standard InChI is InChI=1S/C14H27N3S/c1-6-11(7-2)13-17-16-12(18-13)9-8-10-15-14(3,4)5/h11,15H,6-10H2,1-5H3. The lowest BCUT2D eigenvalue weighted by atomic mass is 10.1. The van der Waals surface area contributed by atoms with Crippen LogP contribution in [-0.2, 0) is 6.42 Å². The van der Waals surface area contributed by atoms with Crippen LogP contribution < -0.4 is 5.32 Å². The van der Waals surface area contributed by atoms with Gasteiger partial charge in [0, 0.05) is 17.9 Å². The molecule has 0 atom stereocenters. The molecule has 3 nitrogen and oxygen atoms in total. The maximum atomic E-state index is 4.33. The zero-order chi connectivity index (χ0) is 13.6. The van der Waals surface area contributed by atoms with Crippen molar-refractivity contribution in [3.05, 3.63) is 10.0 Å². The van der Waals surface area contributed by atoms with Crippen molar-refractivity contribution in [3.63, 3.8) is 0 Å². The minimum Gasteiger partial charge on any atom is -0.312 e. The van der Waals surface area contributed by atoms with Crippen molar-refractivity contribution < 1.29 is 0 Å². The molecule has 0 fully saturated rings. The highest BCUT2D eigenvalue weighted by Gasteiger charge is 2.13. The van der Waals surface area contributed by atoms with Gasteiger partial charge in [-0.05, 0) is 46.6 Å². The van der Waals surface area contributed by atoms with E-state index in [1.54, 1.807) is 11.3 Å². The van der Waals surface area contributed by atoms with Gasteiger partial charge in [0.05, 0.1) is 0 Å². The summed E-state index contributed by atoms with van der Waals surface area (Å²) in [6.45, 7) is 12.1. The molecule has 0 radical (unpaired) electrons. The maximum absolute atomic E-state index is 4.33. The van der Waals surface area contributed by atoms with E-state index in [0.29, 0.717) is 5.92 Å². The van der Waals surface area contributed by atoms with E-state index in [9.17, 15) is 0 Å². The van der Waals surface area contributed by atoms with Crippen LogP contribution in [0.5, 0.6) is 0 Å². The first-order valence-electron chi connectivity index (χ1n) is 7.03. The summed E-state index contributed by atoms with van der Waals surface area (Å²) >= 11 is 1.80. The Morgan fingerprint density at radius 3 is 2.39 bits per heavy atom. The smallest absolute Gasteiger partial charge is 0.120 e. The first-order valence-corrected chi connectivity index (χ1v) is 7.85. The summed E-state index contributed by atoms with van der Waals surface area (Å²) in [5.41, 5.74) is 0.210. The van der Waals surface area contributed by atoms with Crippen molar-refractivity contribution in [2.75, 3.05) is 6.54 Å². The molecule has 1 rings (SSSR count). The number of nitrogens with zero attached hydrogens (tertiary/aromatic N) is 2. The lowest BCUT2D eigenvalue weighted by molar-refractivity contribution is 0.422. The summed E-state index contributed by atoms with van der Waals surface area (Å²) in [6, 6.07) is 0. The van der Waals surface area contributed by atoms with Gasteiger partial charge in [0.15, 0.2) is 0 Å². The zero-order valence-corrected chi connectivity index (χ0v) is 13.2. The average Bonchev–Trinajstić information content (AvgIpc) is 2.74. The van der Waals surface area contributed by atoms with Crippen molar-refractivity contribution in [1.29, 1.82) is 0 Å². The Bertz CT molecular complexity index is 337. The van der Waals surface area contributed by atoms with Crippen molar-refractivity contribution in [3.8, 4) is 0 Å². The van der Waals surface area contributed by atoms with Crippen LogP contribution in [-0.4, -0.2) is 22.3 Å². The number of rotatable bonds is 7. The van der Waals surface area contributed by atoms with Gasteiger partial charge in [0.1, 0.15) is 10.0 Å². The van der Waals surface area contributed by atoms with E-state index in [1.165, 1.54) is 10.0 Å². The van der Waals surface area contributed by atoms with Crippen molar-refractivity contribution in [2.24, 2.45) is 0 Å². The molecule has 0 aliphatic carbocycles. The third-order valence-electron chi connectivity index (χ3n) is 3.04. The predicted octanol–water partition coefficient (Wildman–Crippen LogP) is 3.76. The molecular weight excluding hydrogens is 242 g/mol. The van der Waals surface area contributed by atoms with Gasteiger partial charge in [-0.1, -0.05) is 13.8 Å². The zero-order valence-electron chi connectivity index (χ0n) is 12.4. The summed E-state index contributed by atoms with van der Waals surface area (Å²) in [7, 11) is 0. The number of hydrogen-bond acceptors (Lipinski definition) is 4. The molecule has 1 aromatic heterocycles. The Morgan fingerprint density at radius 2 is 1.83 bits per heavy atom. The number of aromatic nitrogens is 2. The van der Waals surface area contributed by atoms with Gasteiger partial charge in [0.2, 0.25) is 0 Å². The van der Waals surface area contributed by atoms with Crippen LogP contribution in [0.2, 0.25) is 0 Å². The van der Waals surface area contributed by atoms with E-state index in [4.69, 9.17) is 0 Å². The van der Waals surface area contributed by atoms with Crippen molar-refractivity contribution in [1.82, 2.24) is 15.5 Å². The fourth-order valence-electron chi connectivity index (χ4n) is 1.87. The van der Waals surface area contributed by atoms with Crippen LogP contribution in [0.3, 0.4) is 0 Å². The van der Waals surface area contributed by atoms with Crippen LogP contribution in [0, 0.1) is 0 Å². The van der Waals surface area contributed by atoms with Crippen molar-refractivity contribution in [2.45, 2.75) is 71.8 Å². The molecule has 104 valence electrons. The topological polar surface area (TPSA) is 37.8 Å². The second kappa shape index (κ2) is 7.19. The van der Waals surface area contributed by atoms with E-state index >= 15 is 0 Å². The molecule has 4 heteroatoms. The quantitative estimate of drug-likeness (QED) is 0.766. The normalized spacial score (nSPS) is 12.3. The molecule has 18 heavy (non-hydrogen) atoms. The van der Waals surface area contributed by atoms with Gasteiger partial charge in [-0.25, -0.2) is 0 Å². The molecule has 0 spiro atoms. The third-order valence-corrected chi connectivity index (χ3v) is 4.19. The minimum atomic E-state index is 0.210. The molecule has 0 unspecified atom stereocenters. The van der Waals surface area contributed by atoms with Crippen LogP contribution in [0.1, 0.15) is 69.8 Å². The van der Waals surface area contributed by atoms with Crippen LogP contribution in [0.25, 0.3) is 0 Å².